The average Bonchev–Trinajstić information content (AvgIpc) is 2.30. The topological polar surface area (TPSA) is 17.1 Å². The van der Waals surface area contributed by atoms with E-state index in [4.69, 9.17) is 0 Å². The quantitative estimate of drug-likeness (QED) is 0.724. The van der Waals surface area contributed by atoms with Crippen molar-refractivity contribution in [3.8, 4) is 0 Å². The van der Waals surface area contributed by atoms with Crippen LogP contribution in [0.25, 0.3) is 0 Å². The van der Waals surface area contributed by atoms with Gasteiger partial charge < -0.3 is 0 Å². The Hall–Kier alpha value is -0.630. The van der Waals surface area contributed by atoms with Gasteiger partial charge in [-0.15, -0.1) is 0 Å². The van der Waals surface area contributed by atoms with E-state index in [-0.39, 0.29) is 0 Å². The lowest BCUT2D eigenvalue weighted by molar-refractivity contribution is 0.0949. The van der Waals surface area contributed by atoms with Crippen LogP contribution >= 0.6 is 15.9 Å². The summed E-state index contributed by atoms with van der Waals surface area (Å²) in [6.07, 6.45) is 7.13. The van der Waals surface area contributed by atoms with Crippen molar-refractivity contribution in [3.63, 3.8) is 0 Å². The normalized spacial score (nSPS) is 17.1. The Kier molecular flexibility index (Phi) is 4.38. The van der Waals surface area contributed by atoms with Crippen LogP contribution < -0.4 is 0 Å². The molecule has 0 bridgehead atoms. The second kappa shape index (κ2) is 5.81. The number of halogens is 1. The molecule has 0 aromatic heterocycles. The SMILES string of the molecule is Cc1ccc(C(=O)CC2CCCCC2)c(Br)c1. The Bertz CT molecular complexity index is 405. The largest absolute Gasteiger partial charge is 0.294 e. The number of Topliss-reactive ketones (excluding diaryl/α,β-unsaturated/α-hetero) is 1. The molecule has 2 heteroatoms. The summed E-state index contributed by atoms with van der Waals surface area (Å²) in [4.78, 5) is 12.2. The fourth-order valence-electron chi connectivity index (χ4n) is 2.61. The summed E-state index contributed by atoms with van der Waals surface area (Å²) in [5, 5.41) is 0. The molecule has 0 radical (unpaired) electrons. The minimum Gasteiger partial charge on any atom is -0.294 e. The predicted molar refractivity (Wildman–Crippen MR) is 74.4 cm³/mol. The molecule has 1 aromatic rings. The maximum Gasteiger partial charge on any atom is 0.164 e. The van der Waals surface area contributed by atoms with Crippen LogP contribution in [0.5, 0.6) is 0 Å². The number of hydrogen-bond acceptors (Lipinski definition) is 1. The van der Waals surface area contributed by atoms with Crippen LogP contribution in [0.2, 0.25) is 0 Å². The zero-order valence-electron chi connectivity index (χ0n) is 10.3. The minimum absolute atomic E-state index is 0.295. The molecule has 0 saturated heterocycles. The van der Waals surface area contributed by atoms with E-state index in [1.165, 1.54) is 37.7 Å². The molecule has 1 saturated carbocycles. The van der Waals surface area contributed by atoms with Gasteiger partial charge in [0.1, 0.15) is 0 Å². The van der Waals surface area contributed by atoms with Gasteiger partial charge in [-0.25, -0.2) is 0 Å². The summed E-state index contributed by atoms with van der Waals surface area (Å²) in [6, 6.07) is 5.98. The Morgan fingerprint density at radius 2 is 2.00 bits per heavy atom. The molecule has 92 valence electrons. The van der Waals surface area contributed by atoms with Gasteiger partial charge in [-0.1, -0.05) is 60.2 Å². The number of rotatable bonds is 3. The highest BCUT2D eigenvalue weighted by molar-refractivity contribution is 9.10. The molecule has 1 fully saturated rings. The maximum absolute atomic E-state index is 12.2. The first kappa shape index (κ1) is 12.8. The fourth-order valence-corrected chi connectivity index (χ4v) is 3.32. The Labute approximate surface area is 112 Å². The number of benzene rings is 1. The summed E-state index contributed by atoms with van der Waals surface area (Å²) in [5.41, 5.74) is 2.03. The van der Waals surface area contributed by atoms with E-state index >= 15 is 0 Å². The van der Waals surface area contributed by atoms with Crippen molar-refractivity contribution >= 4 is 21.7 Å². The predicted octanol–water partition coefficient (Wildman–Crippen LogP) is 4.91. The number of carbonyl (C=O) groups excluding carboxylic acids is 1. The first-order valence-electron chi connectivity index (χ1n) is 6.46. The van der Waals surface area contributed by atoms with Gasteiger partial charge >= 0.3 is 0 Å². The highest BCUT2D eigenvalue weighted by Gasteiger charge is 2.19. The van der Waals surface area contributed by atoms with Gasteiger partial charge in [-0.3, -0.25) is 4.79 Å². The van der Waals surface area contributed by atoms with E-state index in [2.05, 4.69) is 15.9 Å². The van der Waals surface area contributed by atoms with Crippen molar-refractivity contribution in [1.82, 2.24) is 0 Å². The minimum atomic E-state index is 0.295. The van der Waals surface area contributed by atoms with Crippen molar-refractivity contribution in [2.75, 3.05) is 0 Å². The van der Waals surface area contributed by atoms with E-state index in [1.807, 2.05) is 25.1 Å². The van der Waals surface area contributed by atoms with Gasteiger partial charge in [0.2, 0.25) is 0 Å². The second-order valence-electron chi connectivity index (χ2n) is 5.11. The molecule has 2 rings (SSSR count). The van der Waals surface area contributed by atoms with Crippen LogP contribution in [0.1, 0.15) is 54.4 Å². The van der Waals surface area contributed by atoms with Gasteiger partial charge in [0.25, 0.3) is 0 Å². The molecule has 0 unspecified atom stereocenters. The molecular weight excluding hydrogens is 276 g/mol. The first-order chi connectivity index (χ1) is 8.16. The smallest absolute Gasteiger partial charge is 0.164 e. The van der Waals surface area contributed by atoms with Gasteiger partial charge in [-0.05, 0) is 24.5 Å². The zero-order valence-corrected chi connectivity index (χ0v) is 11.9. The van der Waals surface area contributed by atoms with Crippen molar-refractivity contribution in [2.45, 2.75) is 45.4 Å². The van der Waals surface area contributed by atoms with E-state index in [0.29, 0.717) is 11.7 Å². The fraction of sp³-hybridized carbons (Fsp3) is 0.533. The van der Waals surface area contributed by atoms with Crippen LogP contribution in [0.15, 0.2) is 22.7 Å². The molecular formula is C15H19BrO. The van der Waals surface area contributed by atoms with E-state index in [0.717, 1.165) is 16.5 Å². The van der Waals surface area contributed by atoms with Crippen LogP contribution in [-0.4, -0.2) is 5.78 Å². The second-order valence-corrected chi connectivity index (χ2v) is 5.97. The monoisotopic (exact) mass is 294 g/mol. The van der Waals surface area contributed by atoms with E-state index < -0.39 is 0 Å². The van der Waals surface area contributed by atoms with E-state index in [9.17, 15) is 4.79 Å². The van der Waals surface area contributed by atoms with Crippen molar-refractivity contribution in [1.29, 1.82) is 0 Å². The van der Waals surface area contributed by atoms with Crippen LogP contribution in [0.3, 0.4) is 0 Å². The Morgan fingerprint density at radius 1 is 1.29 bits per heavy atom. The number of aryl methyl sites for hydroxylation is 1. The van der Waals surface area contributed by atoms with Crippen LogP contribution in [-0.2, 0) is 0 Å². The number of hydrogen-bond donors (Lipinski definition) is 0. The molecule has 0 atom stereocenters. The molecule has 1 aliphatic carbocycles. The lowest BCUT2D eigenvalue weighted by Crippen LogP contribution is -2.12. The summed E-state index contributed by atoms with van der Waals surface area (Å²) in [7, 11) is 0. The maximum atomic E-state index is 12.2. The molecule has 17 heavy (non-hydrogen) atoms. The molecule has 0 aliphatic heterocycles. The number of carbonyl (C=O) groups is 1. The van der Waals surface area contributed by atoms with Crippen LogP contribution in [0.4, 0.5) is 0 Å². The first-order valence-corrected chi connectivity index (χ1v) is 7.25. The molecule has 1 aliphatic rings. The van der Waals surface area contributed by atoms with Gasteiger partial charge in [0, 0.05) is 16.5 Å². The van der Waals surface area contributed by atoms with Crippen molar-refractivity contribution < 1.29 is 4.79 Å². The standard InChI is InChI=1S/C15H19BrO/c1-11-7-8-13(14(16)9-11)15(17)10-12-5-3-2-4-6-12/h7-9,12H,2-6,10H2,1H3. The third kappa shape index (κ3) is 3.41. The summed E-state index contributed by atoms with van der Waals surface area (Å²) < 4.78 is 0.943. The zero-order chi connectivity index (χ0) is 12.3. The summed E-state index contributed by atoms with van der Waals surface area (Å²) in [5.74, 6) is 0.910. The lowest BCUT2D eigenvalue weighted by Gasteiger charge is -2.20. The molecule has 1 nitrogen and oxygen atoms in total. The summed E-state index contributed by atoms with van der Waals surface area (Å²) >= 11 is 3.49. The highest BCUT2D eigenvalue weighted by atomic mass is 79.9. The lowest BCUT2D eigenvalue weighted by atomic mass is 9.85. The third-order valence-electron chi connectivity index (χ3n) is 3.62. The van der Waals surface area contributed by atoms with Crippen LogP contribution in [0, 0.1) is 12.8 Å². The molecule has 1 aromatic carbocycles. The molecule has 0 spiro atoms. The third-order valence-corrected chi connectivity index (χ3v) is 4.28. The Morgan fingerprint density at radius 3 is 2.65 bits per heavy atom. The number of ketones is 1. The van der Waals surface area contributed by atoms with Gasteiger partial charge in [-0.2, -0.15) is 0 Å². The van der Waals surface area contributed by atoms with Gasteiger partial charge in [0.15, 0.2) is 5.78 Å². The molecule has 0 N–H and O–H groups in total. The van der Waals surface area contributed by atoms with Gasteiger partial charge in [0.05, 0.1) is 0 Å². The van der Waals surface area contributed by atoms with Crippen molar-refractivity contribution in [3.05, 3.63) is 33.8 Å². The van der Waals surface area contributed by atoms with E-state index in [1.54, 1.807) is 0 Å². The molecule has 0 heterocycles. The highest BCUT2D eigenvalue weighted by Crippen LogP contribution is 2.29. The Balaban J connectivity index is 2.03. The average molecular weight is 295 g/mol. The van der Waals surface area contributed by atoms with Crippen molar-refractivity contribution in [2.24, 2.45) is 5.92 Å². The molecule has 0 amide bonds. The summed E-state index contributed by atoms with van der Waals surface area (Å²) in [6.45, 7) is 2.04.